The first-order chi connectivity index (χ1) is 8.02. The lowest BCUT2D eigenvalue weighted by Crippen LogP contribution is -2.27. The van der Waals surface area contributed by atoms with E-state index in [9.17, 15) is 0 Å². The summed E-state index contributed by atoms with van der Waals surface area (Å²) in [5.41, 5.74) is 7.65. The number of nitrogens with two attached hydrogens (primary N) is 1. The Hall–Kier alpha value is -1.70. The van der Waals surface area contributed by atoms with Crippen LogP contribution in [0.4, 0.5) is 11.5 Å². The van der Waals surface area contributed by atoms with Crippen LogP contribution in [-0.2, 0) is 0 Å². The summed E-state index contributed by atoms with van der Waals surface area (Å²) in [5, 5.41) is 13.1. The first-order valence-corrected chi connectivity index (χ1v) is 5.99. The van der Waals surface area contributed by atoms with E-state index in [0.29, 0.717) is 13.0 Å². The highest BCUT2D eigenvalue weighted by Gasteiger charge is 2.19. The molecule has 94 valence electrons. The molecule has 5 heteroatoms. The Morgan fingerprint density at radius 2 is 2.18 bits per heavy atom. The van der Waals surface area contributed by atoms with Gasteiger partial charge in [0.1, 0.15) is 0 Å². The van der Waals surface area contributed by atoms with Crippen molar-refractivity contribution in [3.05, 3.63) is 5.69 Å². The van der Waals surface area contributed by atoms with Crippen molar-refractivity contribution < 1.29 is 0 Å². The monoisotopic (exact) mass is 235 g/mol. The molecule has 0 aliphatic carbocycles. The zero-order valence-corrected chi connectivity index (χ0v) is 11.1. The van der Waals surface area contributed by atoms with Gasteiger partial charge in [0.15, 0.2) is 5.82 Å². The molecular formula is C12H21N5. The fourth-order valence-corrected chi connectivity index (χ4v) is 1.82. The number of aryl methyl sites for hydroxylation is 1. The highest BCUT2D eigenvalue weighted by molar-refractivity contribution is 5.66. The summed E-state index contributed by atoms with van der Waals surface area (Å²) in [6.07, 6.45) is 0.496. The molecule has 0 amide bonds. The largest absolute Gasteiger partial charge is 0.394 e. The Morgan fingerprint density at radius 1 is 1.53 bits per heavy atom. The van der Waals surface area contributed by atoms with Crippen molar-refractivity contribution in [1.29, 1.82) is 5.26 Å². The Balaban J connectivity index is 3.13. The molecule has 1 heterocycles. The topological polar surface area (TPSA) is 70.9 Å². The summed E-state index contributed by atoms with van der Waals surface area (Å²) in [4.78, 5) is 2.11. The maximum absolute atomic E-state index is 8.68. The summed E-state index contributed by atoms with van der Waals surface area (Å²) in [6, 6.07) is 2.43. The first-order valence-electron chi connectivity index (χ1n) is 5.99. The van der Waals surface area contributed by atoms with Gasteiger partial charge in [-0.25, -0.2) is 4.68 Å². The fourth-order valence-electron chi connectivity index (χ4n) is 1.82. The molecule has 0 aliphatic heterocycles. The summed E-state index contributed by atoms with van der Waals surface area (Å²) in [5.74, 6) is 0.940. The molecule has 0 saturated heterocycles. The zero-order chi connectivity index (χ0) is 13.0. The Labute approximate surface area is 103 Å². The van der Waals surface area contributed by atoms with E-state index in [1.807, 2.05) is 11.6 Å². The van der Waals surface area contributed by atoms with Crippen molar-refractivity contribution in [3.63, 3.8) is 0 Å². The minimum absolute atomic E-state index is 0.261. The minimum atomic E-state index is 0.261. The van der Waals surface area contributed by atoms with Crippen LogP contribution in [-0.4, -0.2) is 22.9 Å². The highest BCUT2D eigenvalue weighted by atomic mass is 15.4. The van der Waals surface area contributed by atoms with Gasteiger partial charge >= 0.3 is 0 Å². The molecule has 2 N–H and O–H groups in total. The number of aromatic nitrogens is 2. The molecule has 0 bridgehead atoms. The van der Waals surface area contributed by atoms with Crippen LogP contribution < -0.4 is 10.6 Å². The van der Waals surface area contributed by atoms with Crippen molar-refractivity contribution in [3.8, 4) is 6.07 Å². The molecule has 0 aromatic carbocycles. The predicted octanol–water partition coefficient (Wildman–Crippen LogP) is 2.09. The lowest BCUT2D eigenvalue weighted by Gasteiger charge is -2.24. The average Bonchev–Trinajstić information content (AvgIpc) is 2.58. The lowest BCUT2D eigenvalue weighted by atomic mass is 10.3. The van der Waals surface area contributed by atoms with Crippen LogP contribution in [0, 0.1) is 18.3 Å². The van der Waals surface area contributed by atoms with Gasteiger partial charge < -0.3 is 10.6 Å². The summed E-state index contributed by atoms with van der Waals surface area (Å²) in [7, 11) is 0. The molecule has 1 rings (SSSR count). The van der Waals surface area contributed by atoms with Crippen LogP contribution in [0.15, 0.2) is 0 Å². The molecule has 0 spiro atoms. The van der Waals surface area contributed by atoms with Crippen LogP contribution in [0.2, 0.25) is 0 Å². The lowest BCUT2D eigenvalue weighted by molar-refractivity contribution is 0.523. The molecule has 5 nitrogen and oxygen atoms in total. The van der Waals surface area contributed by atoms with E-state index in [-0.39, 0.29) is 6.04 Å². The number of nitrogens with zero attached hydrogens (tertiary/aromatic N) is 4. The van der Waals surface area contributed by atoms with E-state index >= 15 is 0 Å². The minimum Gasteiger partial charge on any atom is -0.394 e. The van der Waals surface area contributed by atoms with Crippen LogP contribution in [0.5, 0.6) is 0 Å². The van der Waals surface area contributed by atoms with Gasteiger partial charge in [-0.2, -0.15) is 10.4 Å². The second-order valence-electron chi connectivity index (χ2n) is 4.35. The van der Waals surface area contributed by atoms with E-state index < -0.39 is 0 Å². The van der Waals surface area contributed by atoms with Crippen LogP contribution in [0.3, 0.4) is 0 Å². The third-order valence-corrected chi connectivity index (χ3v) is 2.77. The van der Waals surface area contributed by atoms with Gasteiger partial charge in [-0.15, -0.1) is 0 Å². The third-order valence-electron chi connectivity index (χ3n) is 2.77. The summed E-state index contributed by atoms with van der Waals surface area (Å²) in [6.45, 7) is 9.64. The smallest absolute Gasteiger partial charge is 0.150 e. The van der Waals surface area contributed by atoms with Gasteiger partial charge in [-0.1, -0.05) is 0 Å². The molecule has 0 aliphatic rings. The summed E-state index contributed by atoms with van der Waals surface area (Å²) >= 11 is 0. The molecule has 0 fully saturated rings. The quantitative estimate of drug-likeness (QED) is 0.848. The van der Waals surface area contributed by atoms with Crippen molar-refractivity contribution >= 4 is 11.5 Å². The Kier molecular flexibility index (Phi) is 4.38. The van der Waals surface area contributed by atoms with E-state index in [1.54, 1.807) is 0 Å². The van der Waals surface area contributed by atoms with Crippen LogP contribution in [0.25, 0.3) is 0 Å². The molecule has 0 unspecified atom stereocenters. The van der Waals surface area contributed by atoms with Gasteiger partial charge in [0.25, 0.3) is 0 Å². The fraction of sp³-hybridized carbons (Fsp3) is 0.667. The first kappa shape index (κ1) is 13.4. The molecule has 17 heavy (non-hydrogen) atoms. The molecule has 0 radical (unpaired) electrons. The molecule has 0 atom stereocenters. The molecule has 0 saturated carbocycles. The van der Waals surface area contributed by atoms with Gasteiger partial charge in [0.05, 0.1) is 23.9 Å². The van der Waals surface area contributed by atoms with Gasteiger partial charge in [-0.05, 0) is 27.7 Å². The average molecular weight is 235 g/mol. The van der Waals surface area contributed by atoms with Crippen molar-refractivity contribution in [2.45, 2.75) is 40.2 Å². The number of anilines is 2. The second kappa shape index (κ2) is 5.58. The molecule has 1 aromatic rings. The Morgan fingerprint density at radius 3 is 2.65 bits per heavy atom. The summed E-state index contributed by atoms with van der Waals surface area (Å²) < 4.78 is 1.94. The zero-order valence-electron chi connectivity index (χ0n) is 11.1. The normalized spacial score (nSPS) is 10.6. The van der Waals surface area contributed by atoms with E-state index in [4.69, 9.17) is 11.0 Å². The van der Waals surface area contributed by atoms with Gasteiger partial charge in [-0.3, -0.25) is 0 Å². The molecule has 1 aromatic heterocycles. The van der Waals surface area contributed by atoms with Gasteiger partial charge in [0, 0.05) is 19.1 Å². The van der Waals surface area contributed by atoms with Crippen LogP contribution in [0.1, 0.15) is 38.9 Å². The van der Waals surface area contributed by atoms with Crippen LogP contribution >= 0.6 is 0 Å². The number of hydrogen-bond donors (Lipinski definition) is 1. The third kappa shape index (κ3) is 2.70. The van der Waals surface area contributed by atoms with E-state index in [0.717, 1.165) is 23.7 Å². The second-order valence-corrected chi connectivity index (χ2v) is 4.35. The standard InChI is InChI=1S/C12H21N5/c1-5-16(8-6-7-13)12-11(14)10(4)15-17(12)9(2)3/h9H,5-6,8,14H2,1-4H3. The van der Waals surface area contributed by atoms with Gasteiger partial charge in [0.2, 0.25) is 0 Å². The SMILES string of the molecule is CCN(CCC#N)c1c(N)c(C)nn1C(C)C. The molecular weight excluding hydrogens is 214 g/mol. The number of hydrogen-bond acceptors (Lipinski definition) is 4. The van der Waals surface area contributed by atoms with Crippen molar-refractivity contribution in [2.75, 3.05) is 23.7 Å². The van der Waals surface area contributed by atoms with E-state index in [1.165, 1.54) is 0 Å². The number of rotatable bonds is 5. The Bertz CT molecular complexity index is 413. The highest BCUT2D eigenvalue weighted by Crippen LogP contribution is 2.29. The maximum Gasteiger partial charge on any atom is 0.150 e. The van der Waals surface area contributed by atoms with Crippen molar-refractivity contribution in [2.24, 2.45) is 0 Å². The number of nitrogen functional groups attached to an aromatic ring is 1. The van der Waals surface area contributed by atoms with E-state index in [2.05, 4.69) is 36.8 Å². The maximum atomic E-state index is 8.68. The predicted molar refractivity (Wildman–Crippen MR) is 69.9 cm³/mol. The van der Waals surface area contributed by atoms with Crippen molar-refractivity contribution in [1.82, 2.24) is 9.78 Å². The number of nitriles is 1.